The SMILES string of the molecule is N#CC1(Cc2cc(F)ccc2F)CC1. The number of rotatable bonds is 2. The van der Waals surface area contributed by atoms with Crippen LogP contribution in [0.2, 0.25) is 0 Å². The number of hydrogen-bond acceptors (Lipinski definition) is 1. The molecule has 1 aromatic carbocycles. The minimum Gasteiger partial charge on any atom is -0.207 e. The first-order valence-electron chi connectivity index (χ1n) is 4.50. The molecule has 14 heavy (non-hydrogen) atoms. The summed E-state index contributed by atoms with van der Waals surface area (Å²) in [6, 6.07) is 5.53. The van der Waals surface area contributed by atoms with Crippen molar-refractivity contribution in [3.05, 3.63) is 35.4 Å². The smallest absolute Gasteiger partial charge is 0.126 e. The molecule has 1 saturated carbocycles. The van der Waals surface area contributed by atoms with Gasteiger partial charge in [-0.2, -0.15) is 5.26 Å². The highest BCUT2D eigenvalue weighted by Gasteiger charge is 2.43. The van der Waals surface area contributed by atoms with Crippen LogP contribution in [0.4, 0.5) is 8.78 Å². The van der Waals surface area contributed by atoms with E-state index in [-0.39, 0.29) is 0 Å². The fraction of sp³-hybridized carbons (Fsp3) is 0.364. The predicted octanol–water partition coefficient (Wildman–Crippen LogP) is 2.81. The third-order valence-corrected chi connectivity index (χ3v) is 2.63. The molecule has 0 unspecified atom stereocenters. The third-order valence-electron chi connectivity index (χ3n) is 2.63. The van der Waals surface area contributed by atoms with E-state index in [0.29, 0.717) is 12.0 Å². The first kappa shape index (κ1) is 9.14. The van der Waals surface area contributed by atoms with Gasteiger partial charge in [0.25, 0.3) is 0 Å². The highest BCUT2D eigenvalue weighted by Crippen LogP contribution is 2.47. The summed E-state index contributed by atoms with van der Waals surface area (Å²) in [6.45, 7) is 0. The second kappa shape index (κ2) is 3.06. The van der Waals surface area contributed by atoms with E-state index in [2.05, 4.69) is 6.07 Å². The summed E-state index contributed by atoms with van der Waals surface area (Å²) in [7, 11) is 0. The molecule has 1 nitrogen and oxygen atoms in total. The van der Waals surface area contributed by atoms with Gasteiger partial charge in [-0.15, -0.1) is 0 Å². The average molecular weight is 193 g/mol. The van der Waals surface area contributed by atoms with E-state index in [1.165, 1.54) is 6.07 Å². The zero-order valence-electron chi connectivity index (χ0n) is 7.56. The molecule has 72 valence electrons. The van der Waals surface area contributed by atoms with Gasteiger partial charge >= 0.3 is 0 Å². The molecule has 0 spiro atoms. The van der Waals surface area contributed by atoms with Gasteiger partial charge in [-0.25, -0.2) is 8.78 Å². The van der Waals surface area contributed by atoms with Gasteiger partial charge < -0.3 is 0 Å². The fourth-order valence-electron chi connectivity index (χ4n) is 1.52. The topological polar surface area (TPSA) is 23.8 Å². The summed E-state index contributed by atoms with van der Waals surface area (Å²) in [5.41, 5.74) is -0.113. The van der Waals surface area contributed by atoms with Crippen molar-refractivity contribution >= 4 is 0 Å². The average Bonchev–Trinajstić information content (AvgIpc) is 2.92. The molecule has 0 aliphatic heterocycles. The van der Waals surface area contributed by atoms with Crippen LogP contribution in [0.1, 0.15) is 18.4 Å². The summed E-state index contributed by atoms with van der Waals surface area (Å²) in [6.07, 6.45) is 1.91. The number of nitrogens with zero attached hydrogens (tertiary/aromatic N) is 1. The quantitative estimate of drug-likeness (QED) is 0.708. The van der Waals surface area contributed by atoms with Crippen molar-refractivity contribution in [3.8, 4) is 6.07 Å². The Morgan fingerprint density at radius 2 is 2.07 bits per heavy atom. The lowest BCUT2D eigenvalue weighted by molar-refractivity contribution is 0.561. The van der Waals surface area contributed by atoms with Crippen LogP contribution in [0.5, 0.6) is 0 Å². The number of halogens is 2. The summed E-state index contributed by atoms with van der Waals surface area (Å²) in [5, 5.41) is 8.81. The Morgan fingerprint density at radius 3 is 2.64 bits per heavy atom. The van der Waals surface area contributed by atoms with E-state index in [9.17, 15) is 8.78 Å². The van der Waals surface area contributed by atoms with Gasteiger partial charge in [0.2, 0.25) is 0 Å². The van der Waals surface area contributed by atoms with E-state index in [0.717, 1.165) is 25.0 Å². The first-order chi connectivity index (χ1) is 6.65. The van der Waals surface area contributed by atoms with Crippen LogP contribution >= 0.6 is 0 Å². The van der Waals surface area contributed by atoms with Crippen molar-refractivity contribution in [2.45, 2.75) is 19.3 Å². The molecule has 0 bridgehead atoms. The number of benzene rings is 1. The van der Waals surface area contributed by atoms with Crippen molar-refractivity contribution in [1.29, 1.82) is 5.26 Å². The molecule has 3 heteroatoms. The van der Waals surface area contributed by atoms with Crippen LogP contribution in [0.3, 0.4) is 0 Å². The summed E-state index contributed by atoms with van der Waals surface area (Å²) < 4.78 is 26.0. The second-order valence-electron chi connectivity index (χ2n) is 3.80. The Labute approximate surface area is 81.0 Å². The van der Waals surface area contributed by atoms with E-state index >= 15 is 0 Å². The zero-order chi connectivity index (χ0) is 10.2. The lowest BCUT2D eigenvalue weighted by Crippen LogP contribution is -2.03. The van der Waals surface area contributed by atoms with Crippen LogP contribution in [0, 0.1) is 28.4 Å². The van der Waals surface area contributed by atoms with Gasteiger partial charge in [0, 0.05) is 0 Å². The van der Waals surface area contributed by atoms with Crippen LogP contribution < -0.4 is 0 Å². The fourth-order valence-corrected chi connectivity index (χ4v) is 1.52. The van der Waals surface area contributed by atoms with Gasteiger partial charge in [0.1, 0.15) is 11.6 Å². The zero-order valence-corrected chi connectivity index (χ0v) is 7.56. The maximum atomic E-state index is 13.2. The molecule has 0 aromatic heterocycles. The standard InChI is InChI=1S/C11H9F2N/c12-9-1-2-10(13)8(5-9)6-11(7-14)3-4-11/h1-2,5H,3-4,6H2. The molecule has 1 fully saturated rings. The van der Waals surface area contributed by atoms with Crippen LogP contribution in [0.25, 0.3) is 0 Å². The lowest BCUT2D eigenvalue weighted by atomic mass is 9.98. The van der Waals surface area contributed by atoms with E-state index < -0.39 is 17.0 Å². The second-order valence-corrected chi connectivity index (χ2v) is 3.80. The molecule has 0 radical (unpaired) electrons. The molecular weight excluding hydrogens is 184 g/mol. The van der Waals surface area contributed by atoms with Crippen LogP contribution in [-0.2, 0) is 6.42 Å². The molecule has 0 N–H and O–H groups in total. The molecule has 0 amide bonds. The third kappa shape index (κ3) is 1.60. The van der Waals surface area contributed by atoms with E-state index in [1.54, 1.807) is 0 Å². The molecule has 0 heterocycles. The molecule has 2 rings (SSSR count). The minimum atomic E-state index is -0.449. The predicted molar refractivity (Wildman–Crippen MR) is 47.3 cm³/mol. The lowest BCUT2D eigenvalue weighted by Gasteiger charge is -2.06. The van der Waals surface area contributed by atoms with Crippen LogP contribution in [-0.4, -0.2) is 0 Å². The van der Waals surface area contributed by atoms with Gasteiger partial charge in [0.15, 0.2) is 0 Å². The highest BCUT2D eigenvalue weighted by atomic mass is 19.1. The molecule has 0 saturated heterocycles. The van der Waals surface area contributed by atoms with Crippen molar-refractivity contribution in [2.75, 3.05) is 0 Å². The maximum absolute atomic E-state index is 13.2. The molecular formula is C11H9F2N. The summed E-state index contributed by atoms with van der Waals surface area (Å²) >= 11 is 0. The summed E-state index contributed by atoms with van der Waals surface area (Å²) in [5.74, 6) is -0.872. The normalized spacial score (nSPS) is 17.5. The Bertz CT molecular complexity index is 402. The van der Waals surface area contributed by atoms with Crippen LogP contribution in [0.15, 0.2) is 18.2 Å². The Hall–Kier alpha value is -1.43. The molecule has 1 aromatic rings. The van der Waals surface area contributed by atoms with Gasteiger partial charge in [-0.1, -0.05) is 0 Å². The Balaban J connectivity index is 2.25. The molecule has 1 aliphatic rings. The van der Waals surface area contributed by atoms with E-state index in [1.807, 2.05) is 0 Å². The molecule has 1 aliphatic carbocycles. The Morgan fingerprint density at radius 1 is 1.36 bits per heavy atom. The van der Waals surface area contributed by atoms with Crippen molar-refractivity contribution < 1.29 is 8.78 Å². The van der Waals surface area contributed by atoms with Crippen molar-refractivity contribution in [1.82, 2.24) is 0 Å². The number of nitriles is 1. The highest BCUT2D eigenvalue weighted by molar-refractivity contribution is 5.25. The Kier molecular flexibility index (Phi) is 1.99. The first-order valence-corrected chi connectivity index (χ1v) is 4.50. The van der Waals surface area contributed by atoms with Gasteiger partial charge in [-0.05, 0) is 43.0 Å². The largest absolute Gasteiger partial charge is 0.207 e. The minimum absolute atomic E-state index is 0.309. The van der Waals surface area contributed by atoms with Gasteiger partial charge in [-0.3, -0.25) is 0 Å². The van der Waals surface area contributed by atoms with Crippen molar-refractivity contribution in [2.24, 2.45) is 5.41 Å². The number of hydrogen-bond donors (Lipinski definition) is 0. The summed E-state index contributed by atoms with van der Waals surface area (Å²) in [4.78, 5) is 0. The maximum Gasteiger partial charge on any atom is 0.126 e. The van der Waals surface area contributed by atoms with Crippen molar-refractivity contribution in [3.63, 3.8) is 0 Å². The van der Waals surface area contributed by atoms with E-state index in [4.69, 9.17) is 5.26 Å². The molecule has 0 atom stereocenters. The monoisotopic (exact) mass is 193 g/mol. The van der Waals surface area contributed by atoms with Gasteiger partial charge in [0.05, 0.1) is 11.5 Å².